The van der Waals surface area contributed by atoms with Gasteiger partial charge in [0.25, 0.3) is 5.69 Å². The Morgan fingerprint density at radius 2 is 2.31 bits per heavy atom. The third-order valence-electron chi connectivity index (χ3n) is 1.83. The standard InChI is InChI=1S/C7H6N4O2/c8-6-5(11(12)13)2-1-4-3-9-10-7(4)6/h1-3H,8H2,(H,9,10). The Bertz CT molecular complexity index is 476. The van der Waals surface area contributed by atoms with Crippen LogP contribution in [0.2, 0.25) is 0 Å². The van der Waals surface area contributed by atoms with Crippen molar-refractivity contribution in [1.82, 2.24) is 10.2 Å². The first kappa shape index (κ1) is 7.53. The van der Waals surface area contributed by atoms with Crippen LogP contribution in [0.4, 0.5) is 11.4 Å². The molecule has 1 aromatic heterocycles. The number of nitrogens with two attached hydrogens (primary N) is 1. The molecular formula is C7H6N4O2. The number of H-pyrrole nitrogens is 1. The van der Waals surface area contributed by atoms with Gasteiger partial charge in [0.15, 0.2) is 0 Å². The fraction of sp³-hybridized carbons (Fsp3) is 0. The summed E-state index contributed by atoms with van der Waals surface area (Å²) in [5.74, 6) is 0. The van der Waals surface area contributed by atoms with Gasteiger partial charge in [-0.05, 0) is 6.07 Å². The lowest BCUT2D eigenvalue weighted by molar-refractivity contribution is -0.383. The number of nitro groups is 1. The highest BCUT2D eigenvalue weighted by Crippen LogP contribution is 2.27. The SMILES string of the molecule is Nc1c([N+](=O)[O-])ccc2cn[nH]c12. The summed E-state index contributed by atoms with van der Waals surface area (Å²) < 4.78 is 0. The van der Waals surface area contributed by atoms with Crippen LogP contribution < -0.4 is 5.73 Å². The van der Waals surface area contributed by atoms with Crippen molar-refractivity contribution in [2.24, 2.45) is 0 Å². The molecule has 66 valence electrons. The van der Waals surface area contributed by atoms with E-state index < -0.39 is 4.92 Å². The number of nitro benzene ring substituents is 1. The van der Waals surface area contributed by atoms with Gasteiger partial charge >= 0.3 is 0 Å². The van der Waals surface area contributed by atoms with Crippen LogP contribution in [0.15, 0.2) is 18.3 Å². The van der Waals surface area contributed by atoms with E-state index >= 15 is 0 Å². The summed E-state index contributed by atoms with van der Waals surface area (Å²) in [7, 11) is 0. The van der Waals surface area contributed by atoms with Crippen LogP contribution in [-0.2, 0) is 0 Å². The quantitative estimate of drug-likeness (QED) is 0.387. The topological polar surface area (TPSA) is 97.8 Å². The van der Waals surface area contributed by atoms with Crippen LogP contribution in [0.5, 0.6) is 0 Å². The Kier molecular flexibility index (Phi) is 1.42. The minimum atomic E-state index is -0.518. The Morgan fingerprint density at radius 1 is 1.54 bits per heavy atom. The van der Waals surface area contributed by atoms with E-state index in [2.05, 4.69) is 10.2 Å². The second kappa shape index (κ2) is 2.44. The van der Waals surface area contributed by atoms with Gasteiger partial charge in [0.1, 0.15) is 5.69 Å². The number of nitrogens with zero attached hydrogens (tertiary/aromatic N) is 2. The Morgan fingerprint density at radius 3 is 3.00 bits per heavy atom. The maximum atomic E-state index is 10.5. The second-order valence-electron chi connectivity index (χ2n) is 2.59. The van der Waals surface area contributed by atoms with Crippen LogP contribution in [0.25, 0.3) is 10.9 Å². The summed E-state index contributed by atoms with van der Waals surface area (Å²) in [5.41, 5.74) is 6.08. The largest absolute Gasteiger partial charge is 0.391 e. The van der Waals surface area contributed by atoms with Gasteiger partial charge in [0.05, 0.1) is 16.6 Å². The van der Waals surface area contributed by atoms with Gasteiger partial charge < -0.3 is 5.73 Å². The average molecular weight is 178 g/mol. The summed E-state index contributed by atoms with van der Waals surface area (Å²) in [4.78, 5) is 9.96. The smallest absolute Gasteiger partial charge is 0.294 e. The van der Waals surface area contributed by atoms with Gasteiger partial charge in [0, 0.05) is 11.5 Å². The summed E-state index contributed by atoms with van der Waals surface area (Å²) in [6, 6.07) is 2.97. The zero-order valence-corrected chi connectivity index (χ0v) is 6.52. The van der Waals surface area contributed by atoms with E-state index in [1.165, 1.54) is 6.07 Å². The number of hydrogen-bond donors (Lipinski definition) is 2. The molecule has 0 saturated carbocycles. The third kappa shape index (κ3) is 0.994. The Balaban J connectivity index is 2.80. The average Bonchev–Trinajstić information content (AvgIpc) is 2.52. The predicted octanol–water partition coefficient (Wildman–Crippen LogP) is 1.05. The lowest BCUT2D eigenvalue weighted by Crippen LogP contribution is -1.95. The van der Waals surface area contributed by atoms with Crippen molar-refractivity contribution in [1.29, 1.82) is 0 Å². The summed E-state index contributed by atoms with van der Waals surface area (Å²) in [5, 5.41) is 17.6. The molecule has 6 nitrogen and oxygen atoms in total. The molecule has 0 atom stereocenters. The second-order valence-corrected chi connectivity index (χ2v) is 2.59. The number of aromatic amines is 1. The molecular weight excluding hydrogens is 172 g/mol. The fourth-order valence-electron chi connectivity index (χ4n) is 1.18. The highest BCUT2D eigenvalue weighted by molar-refractivity contribution is 5.93. The molecule has 2 aromatic rings. The lowest BCUT2D eigenvalue weighted by Gasteiger charge is -1.96. The van der Waals surface area contributed by atoms with E-state index in [4.69, 9.17) is 5.73 Å². The number of nitrogens with one attached hydrogen (secondary N) is 1. The maximum absolute atomic E-state index is 10.5. The highest BCUT2D eigenvalue weighted by atomic mass is 16.6. The predicted molar refractivity (Wildman–Crippen MR) is 47.2 cm³/mol. The van der Waals surface area contributed by atoms with Crippen LogP contribution in [-0.4, -0.2) is 15.1 Å². The van der Waals surface area contributed by atoms with Crippen molar-refractivity contribution in [3.8, 4) is 0 Å². The van der Waals surface area contributed by atoms with Crippen LogP contribution in [0.3, 0.4) is 0 Å². The van der Waals surface area contributed by atoms with Gasteiger partial charge in [-0.1, -0.05) is 0 Å². The van der Waals surface area contributed by atoms with E-state index in [0.717, 1.165) is 5.39 Å². The van der Waals surface area contributed by atoms with E-state index in [-0.39, 0.29) is 11.4 Å². The molecule has 0 radical (unpaired) electrons. The van der Waals surface area contributed by atoms with Gasteiger partial charge in [-0.15, -0.1) is 0 Å². The van der Waals surface area contributed by atoms with Crippen molar-refractivity contribution >= 4 is 22.3 Å². The monoisotopic (exact) mass is 178 g/mol. The van der Waals surface area contributed by atoms with Gasteiger partial charge in [-0.3, -0.25) is 15.2 Å². The molecule has 0 spiro atoms. The zero-order valence-electron chi connectivity index (χ0n) is 6.52. The Labute approximate surface area is 72.5 Å². The lowest BCUT2D eigenvalue weighted by atomic mass is 10.2. The number of hydrogen-bond acceptors (Lipinski definition) is 4. The minimum Gasteiger partial charge on any atom is -0.391 e. The molecule has 6 heteroatoms. The first-order valence-corrected chi connectivity index (χ1v) is 3.56. The highest BCUT2D eigenvalue weighted by Gasteiger charge is 2.14. The number of aromatic nitrogens is 2. The zero-order chi connectivity index (χ0) is 9.42. The number of benzene rings is 1. The number of anilines is 1. The van der Waals surface area contributed by atoms with Crippen LogP contribution in [0, 0.1) is 10.1 Å². The van der Waals surface area contributed by atoms with Gasteiger partial charge in [0.2, 0.25) is 0 Å². The number of rotatable bonds is 1. The molecule has 0 unspecified atom stereocenters. The van der Waals surface area contributed by atoms with Crippen molar-refractivity contribution in [2.75, 3.05) is 5.73 Å². The summed E-state index contributed by atoms with van der Waals surface area (Å²) in [6.07, 6.45) is 1.56. The van der Waals surface area contributed by atoms with Crippen molar-refractivity contribution in [2.45, 2.75) is 0 Å². The Hall–Kier alpha value is -2.11. The van der Waals surface area contributed by atoms with E-state index in [0.29, 0.717) is 5.52 Å². The fourth-order valence-corrected chi connectivity index (χ4v) is 1.18. The molecule has 0 amide bonds. The van der Waals surface area contributed by atoms with Crippen molar-refractivity contribution in [3.63, 3.8) is 0 Å². The van der Waals surface area contributed by atoms with Crippen LogP contribution in [0.1, 0.15) is 0 Å². The normalized spacial score (nSPS) is 10.5. The van der Waals surface area contributed by atoms with Gasteiger partial charge in [-0.25, -0.2) is 0 Å². The summed E-state index contributed by atoms with van der Waals surface area (Å²) in [6.45, 7) is 0. The first-order valence-electron chi connectivity index (χ1n) is 3.56. The molecule has 0 saturated heterocycles. The third-order valence-corrected chi connectivity index (χ3v) is 1.83. The van der Waals surface area contributed by atoms with E-state index in [1.807, 2.05) is 0 Å². The summed E-state index contributed by atoms with van der Waals surface area (Å²) >= 11 is 0. The minimum absolute atomic E-state index is 0.100. The van der Waals surface area contributed by atoms with Gasteiger partial charge in [-0.2, -0.15) is 5.10 Å². The molecule has 1 aromatic carbocycles. The molecule has 1 heterocycles. The molecule has 2 rings (SSSR count). The van der Waals surface area contributed by atoms with E-state index in [1.54, 1.807) is 12.3 Å². The van der Waals surface area contributed by atoms with Crippen LogP contribution >= 0.6 is 0 Å². The molecule has 0 aliphatic rings. The van der Waals surface area contributed by atoms with Crippen molar-refractivity contribution < 1.29 is 4.92 Å². The number of nitrogen functional groups attached to an aromatic ring is 1. The van der Waals surface area contributed by atoms with E-state index in [9.17, 15) is 10.1 Å². The van der Waals surface area contributed by atoms with Crippen molar-refractivity contribution in [3.05, 3.63) is 28.4 Å². The number of fused-ring (bicyclic) bond motifs is 1. The molecule has 0 aliphatic heterocycles. The molecule has 13 heavy (non-hydrogen) atoms. The molecule has 3 N–H and O–H groups in total. The molecule has 0 bridgehead atoms. The first-order chi connectivity index (χ1) is 6.20. The maximum Gasteiger partial charge on any atom is 0.294 e. The molecule has 0 aliphatic carbocycles. The molecule has 0 fully saturated rings.